The second-order valence-corrected chi connectivity index (χ2v) is 8.39. The third-order valence-electron chi connectivity index (χ3n) is 2.79. The van der Waals surface area contributed by atoms with Crippen molar-refractivity contribution in [2.24, 2.45) is 10.8 Å². The van der Waals surface area contributed by atoms with Crippen molar-refractivity contribution in [1.29, 1.82) is 0 Å². The summed E-state index contributed by atoms with van der Waals surface area (Å²) in [6.45, 7) is 7.93. The van der Waals surface area contributed by atoms with E-state index in [1.54, 1.807) is 0 Å². The van der Waals surface area contributed by atoms with E-state index in [0.717, 1.165) is 48.4 Å². The van der Waals surface area contributed by atoms with E-state index in [9.17, 15) is 9.59 Å². The molecule has 0 aromatic heterocycles. The van der Waals surface area contributed by atoms with Gasteiger partial charge in [-0.25, -0.2) is 0 Å². The lowest BCUT2D eigenvalue weighted by Gasteiger charge is -2.16. The number of hydrogen-bond donors (Lipinski definition) is 0. The molecule has 0 unspecified atom stereocenters. The molecule has 0 aromatic rings. The van der Waals surface area contributed by atoms with Crippen LogP contribution in [0.5, 0.6) is 0 Å². The Hall–Kier alpha value is 0.0400. The Morgan fingerprint density at radius 1 is 0.722 bits per heavy atom. The van der Waals surface area contributed by atoms with E-state index < -0.39 is 0 Å². The van der Waals surface area contributed by atoms with Crippen LogP contribution >= 0.6 is 23.5 Å². The zero-order chi connectivity index (χ0) is 14.1. The minimum absolute atomic E-state index is 0.172. The van der Waals surface area contributed by atoms with Crippen molar-refractivity contribution in [3.05, 3.63) is 0 Å². The molecule has 18 heavy (non-hydrogen) atoms. The van der Waals surface area contributed by atoms with Crippen LogP contribution in [0.4, 0.5) is 0 Å². The Kier molecular flexibility index (Phi) is 9.05. The molecule has 0 atom stereocenters. The first-order valence-corrected chi connectivity index (χ1v) is 8.72. The molecule has 0 aliphatic rings. The van der Waals surface area contributed by atoms with Crippen molar-refractivity contribution in [3.8, 4) is 0 Å². The van der Waals surface area contributed by atoms with Gasteiger partial charge in [0.2, 0.25) is 0 Å². The molecule has 0 bridgehead atoms. The zero-order valence-electron chi connectivity index (χ0n) is 12.0. The van der Waals surface area contributed by atoms with Gasteiger partial charge in [0.25, 0.3) is 0 Å². The van der Waals surface area contributed by atoms with Gasteiger partial charge in [-0.15, -0.1) is 0 Å². The monoisotopic (exact) mass is 290 g/mol. The van der Waals surface area contributed by atoms with Crippen LogP contribution in [-0.2, 0) is 9.59 Å². The summed E-state index contributed by atoms with van der Waals surface area (Å²) in [6.07, 6.45) is 3.99. The van der Waals surface area contributed by atoms with Crippen LogP contribution in [0.3, 0.4) is 0 Å². The second-order valence-electron chi connectivity index (χ2n) is 5.94. The molecule has 0 amide bonds. The molecule has 0 aromatic carbocycles. The summed E-state index contributed by atoms with van der Waals surface area (Å²) in [6, 6.07) is 0. The normalized spacial score (nSPS) is 12.4. The summed E-state index contributed by atoms with van der Waals surface area (Å²) < 4.78 is 0. The lowest BCUT2D eigenvalue weighted by molar-refractivity contribution is -0.115. The van der Waals surface area contributed by atoms with E-state index in [1.807, 2.05) is 51.2 Å². The Morgan fingerprint density at radius 2 is 1.06 bits per heavy atom. The highest BCUT2D eigenvalue weighted by atomic mass is 32.2. The van der Waals surface area contributed by atoms with Gasteiger partial charge in [-0.3, -0.25) is 0 Å². The highest BCUT2D eigenvalue weighted by Crippen LogP contribution is 2.22. The zero-order valence-corrected chi connectivity index (χ0v) is 13.7. The van der Waals surface area contributed by atoms with Crippen LogP contribution < -0.4 is 0 Å². The van der Waals surface area contributed by atoms with Gasteiger partial charge in [-0.05, 0) is 24.3 Å². The molecular formula is C14H26O2S2. The van der Waals surface area contributed by atoms with E-state index in [-0.39, 0.29) is 10.8 Å². The Morgan fingerprint density at radius 3 is 1.33 bits per heavy atom. The number of aldehydes is 2. The smallest absolute Gasteiger partial charge is 0.125 e. The SMILES string of the molecule is CC(C)(C=O)CCSCCSCCC(C)(C)C=O. The molecule has 0 fully saturated rings. The molecule has 4 heteroatoms. The van der Waals surface area contributed by atoms with Crippen molar-refractivity contribution in [1.82, 2.24) is 0 Å². The Labute approximate surface area is 120 Å². The standard InChI is InChI=1S/C14H26O2S2/c1-13(2,11-15)5-7-17-9-10-18-8-6-14(3,4)12-16/h11-12H,5-10H2,1-4H3. The average molecular weight is 290 g/mol. The van der Waals surface area contributed by atoms with Gasteiger partial charge in [-0.1, -0.05) is 27.7 Å². The molecule has 0 radical (unpaired) electrons. The average Bonchev–Trinajstić information content (AvgIpc) is 2.32. The summed E-state index contributed by atoms with van der Waals surface area (Å²) in [5.41, 5.74) is -0.345. The highest BCUT2D eigenvalue weighted by molar-refractivity contribution is 8.02. The molecular weight excluding hydrogens is 264 g/mol. The summed E-state index contributed by atoms with van der Waals surface area (Å²) in [4.78, 5) is 21.4. The summed E-state index contributed by atoms with van der Waals surface area (Å²) in [7, 11) is 0. The van der Waals surface area contributed by atoms with E-state index >= 15 is 0 Å². The minimum atomic E-state index is -0.172. The topological polar surface area (TPSA) is 34.1 Å². The highest BCUT2D eigenvalue weighted by Gasteiger charge is 2.16. The van der Waals surface area contributed by atoms with Crippen molar-refractivity contribution >= 4 is 36.1 Å². The second kappa shape index (κ2) is 9.03. The van der Waals surface area contributed by atoms with Crippen LogP contribution in [-0.4, -0.2) is 35.6 Å². The number of carbonyl (C=O) groups excluding carboxylic acids is 2. The molecule has 0 saturated carbocycles. The molecule has 0 heterocycles. The van der Waals surface area contributed by atoms with Crippen LogP contribution in [0.25, 0.3) is 0 Å². The lowest BCUT2D eigenvalue weighted by Crippen LogP contribution is -2.14. The van der Waals surface area contributed by atoms with Gasteiger partial charge in [0, 0.05) is 22.3 Å². The van der Waals surface area contributed by atoms with E-state index in [2.05, 4.69) is 0 Å². The molecule has 0 saturated heterocycles. The molecule has 0 spiro atoms. The summed E-state index contributed by atoms with van der Waals surface area (Å²) >= 11 is 3.82. The number of rotatable bonds is 11. The van der Waals surface area contributed by atoms with E-state index in [4.69, 9.17) is 0 Å². The summed E-state index contributed by atoms with van der Waals surface area (Å²) in [5, 5.41) is 0. The third-order valence-corrected chi connectivity index (χ3v) is 5.02. The van der Waals surface area contributed by atoms with E-state index in [0.29, 0.717) is 0 Å². The van der Waals surface area contributed by atoms with Gasteiger partial charge < -0.3 is 9.59 Å². The predicted octanol–water partition coefficient (Wildman–Crippen LogP) is 3.68. The largest absolute Gasteiger partial charge is 0.303 e. The summed E-state index contributed by atoms with van der Waals surface area (Å²) in [5.74, 6) is 4.35. The van der Waals surface area contributed by atoms with Crippen LogP contribution in [0.1, 0.15) is 40.5 Å². The van der Waals surface area contributed by atoms with Gasteiger partial charge in [0.05, 0.1) is 0 Å². The number of thioether (sulfide) groups is 2. The predicted molar refractivity (Wildman–Crippen MR) is 83.6 cm³/mol. The third kappa shape index (κ3) is 10.0. The van der Waals surface area contributed by atoms with Crippen molar-refractivity contribution in [2.75, 3.05) is 23.0 Å². The molecule has 0 aliphatic carbocycles. The van der Waals surface area contributed by atoms with Gasteiger partial charge in [0.15, 0.2) is 0 Å². The van der Waals surface area contributed by atoms with Crippen LogP contribution in [0.2, 0.25) is 0 Å². The number of hydrogen-bond acceptors (Lipinski definition) is 4. The molecule has 0 aliphatic heterocycles. The number of carbonyl (C=O) groups is 2. The van der Waals surface area contributed by atoms with Crippen molar-refractivity contribution < 1.29 is 9.59 Å². The van der Waals surface area contributed by atoms with Crippen molar-refractivity contribution in [2.45, 2.75) is 40.5 Å². The minimum Gasteiger partial charge on any atom is -0.303 e. The fourth-order valence-corrected chi connectivity index (χ4v) is 3.80. The van der Waals surface area contributed by atoms with E-state index in [1.165, 1.54) is 0 Å². The van der Waals surface area contributed by atoms with Gasteiger partial charge in [0.1, 0.15) is 12.6 Å². The molecule has 2 nitrogen and oxygen atoms in total. The van der Waals surface area contributed by atoms with Gasteiger partial charge >= 0.3 is 0 Å². The van der Waals surface area contributed by atoms with Crippen LogP contribution in [0.15, 0.2) is 0 Å². The first-order chi connectivity index (χ1) is 8.33. The van der Waals surface area contributed by atoms with Gasteiger partial charge in [-0.2, -0.15) is 23.5 Å². The van der Waals surface area contributed by atoms with Crippen LogP contribution in [0, 0.1) is 10.8 Å². The molecule has 106 valence electrons. The quantitative estimate of drug-likeness (QED) is 0.429. The lowest BCUT2D eigenvalue weighted by atomic mass is 9.93. The first kappa shape index (κ1) is 18.0. The fraction of sp³-hybridized carbons (Fsp3) is 0.857. The fourth-order valence-electron chi connectivity index (χ4n) is 1.11. The Bertz CT molecular complexity index is 224. The maximum absolute atomic E-state index is 10.7. The maximum Gasteiger partial charge on any atom is 0.125 e. The molecule has 0 N–H and O–H groups in total. The van der Waals surface area contributed by atoms with Crippen molar-refractivity contribution in [3.63, 3.8) is 0 Å². The Balaban J connectivity index is 3.37. The molecule has 0 rings (SSSR count). The first-order valence-electron chi connectivity index (χ1n) is 6.41. The maximum atomic E-state index is 10.7.